The summed E-state index contributed by atoms with van der Waals surface area (Å²) in [5, 5.41) is 5.42. The number of hydrogen-bond acceptors (Lipinski definition) is 5. The van der Waals surface area contributed by atoms with E-state index < -0.39 is 11.7 Å². The topological polar surface area (TPSA) is 64.9 Å². The first-order chi connectivity index (χ1) is 14.2. The van der Waals surface area contributed by atoms with Crippen molar-refractivity contribution < 1.29 is 17.7 Å². The van der Waals surface area contributed by atoms with Crippen LogP contribution in [0.2, 0.25) is 0 Å². The molecule has 0 bridgehead atoms. The molecule has 4 nitrogen and oxygen atoms in total. The standard InChI is InChI=1S/C22H20F3N3OS/c1-12(2)20-19(10-9-17-15-8-7-13(26)11-18(15)29-28-17)30-21(27-20)14-5-3-4-6-16(14)22(23,24)25/h3-8,11-12H,9-10,26H2,1-2H3. The van der Waals surface area contributed by atoms with Gasteiger partial charge in [0.15, 0.2) is 5.58 Å². The fraction of sp³-hybridized carbons (Fsp3) is 0.273. The normalized spacial score (nSPS) is 12.2. The van der Waals surface area contributed by atoms with E-state index >= 15 is 0 Å². The Kier molecular flexibility index (Phi) is 5.27. The number of fused-ring (bicyclic) bond motifs is 1. The van der Waals surface area contributed by atoms with Gasteiger partial charge in [-0.15, -0.1) is 11.3 Å². The lowest BCUT2D eigenvalue weighted by Gasteiger charge is -2.10. The summed E-state index contributed by atoms with van der Waals surface area (Å²) >= 11 is 1.31. The maximum Gasteiger partial charge on any atom is 0.417 e. The summed E-state index contributed by atoms with van der Waals surface area (Å²) in [4.78, 5) is 5.55. The van der Waals surface area contributed by atoms with Crippen molar-refractivity contribution in [2.75, 3.05) is 5.73 Å². The fourth-order valence-corrected chi connectivity index (χ4v) is 4.70. The molecule has 0 aliphatic heterocycles. The van der Waals surface area contributed by atoms with E-state index in [0.717, 1.165) is 27.7 Å². The van der Waals surface area contributed by atoms with Gasteiger partial charge in [-0.3, -0.25) is 0 Å². The number of nitrogens with zero attached hydrogens (tertiary/aromatic N) is 2. The number of benzene rings is 2. The van der Waals surface area contributed by atoms with E-state index in [4.69, 9.17) is 10.3 Å². The number of halogens is 3. The smallest absolute Gasteiger partial charge is 0.399 e. The van der Waals surface area contributed by atoms with Gasteiger partial charge in [-0.05, 0) is 37.0 Å². The quantitative estimate of drug-likeness (QED) is 0.368. The van der Waals surface area contributed by atoms with Crippen LogP contribution in [-0.2, 0) is 19.0 Å². The summed E-state index contributed by atoms with van der Waals surface area (Å²) in [5.74, 6) is 0.0944. The zero-order valence-corrected chi connectivity index (χ0v) is 17.3. The van der Waals surface area contributed by atoms with Crippen LogP contribution in [0.25, 0.3) is 21.5 Å². The molecule has 0 saturated heterocycles. The Bertz CT molecular complexity index is 1190. The number of hydrogen-bond donors (Lipinski definition) is 1. The molecule has 0 spiro atoms. The Morgan fingerprint density at radius 2 is 1.87 bits per heavy atom. The highest BCUT2D eigenvalue weighted by atomic mass is 32.1. The van der Waals surface area contributed by atoms with Gasteiger partial charge in [0.05, 0.1) is 17.0 Å². The summed E-state index contributed by atoms with van der Waals surface area (Å²) < 4.78 is 45.7. The molecule has 0 saturated carbocycles. The van der Waals surface area contributed by atoms with E-state index in [0.29, 0.717) is 29.1 Å². The van der Waals surface area contributed by atoms with Crippen molar-refractivity contribution in [2.24, 2.45) is 0 Å². The fourth-order valence-electron chi connectivity index (χ4n) is 3.44. The Morgan fingerprint density at radius 3 is 2.60 bits per heavy atom. The minimum Gasteiger partial charge on any atom is -0.399 e. The van der Waals surface area contributed by atoms with Crippen LogP contribution in [0, 0.1) is 0 Å². The van der Waals surface area contributed by atoms with Crippen LogP contribution in [0.5, 0.6) is 0 Å². The first kappa shape index (κ1) is 20.4. The zero-order chi connectivity index (χ0) is 21.5. The number of alkyl halides is 3. The molecule has 0 radical (unpaired) electrons. The molecule has 2 aromatic carbocycles. The van der Waals surface area contributed by atoms with Gasteiger partial charge in [0.2, 0.25) is 0 Å². The molecular formula is C22H20F3N3OS. The van der Waals surface area contributed by atoms with Crippen molar-refractivity contribution in [3.63, 3.8) is 0 Å². The average molecular weight is 431 g/mol. The van der Waals surface area contributed by atoms with Crippen molar-refractivity contribution in [3.05, 3.63) is 64.3 Å². The van der Waals surface area contributed by atoms with Crippen LogP contribution in [0.15, 0.2) is 47.0 Å². The number of aryl methyl sites for hydroxylation is 2. The van der Waals surface area contributed by atoms with Gasteiger partial charge in [0.1, 0.15) is 5.01 Å². The van der Waals surface area contributed by atoms with Crippen LogP contribution in [0.1, 0.15) is 41.6 Å². The van der Waals surface area contributed by atoms with Crippen molar-refractivity contribution in [1.29, 1.82) is 0 Å². The van der Waals surface area contributed by atoms with Crippen LogP contribution in [0.3, 0.4) is 0 Å². The maximum absolute atomic E-state index is 13.5. The van der Waals surface area contributed by atoms with Crippen molar-refractivity contribution in [1.82, 2.24) is 10.1 Å². The Hall–Kier alpha value is -2.87. The SMILES string of the molecule is CC(C)c1nc(-c2ccccc2C(F)(F)F)sc1CCc1noc2cc(N)ccc12. The van der Waals surface area contributed by atoms with E-state index in [1.54, 1.807) is 18.2 Å². The Morgan fingerprint density at radius 1 is 1.10 bits per heavy atom. The largest absolute Gasteiger partial charge is 0.417 e. The van der Waals surface area contributed by atoms with Gasteiger partial charge in [-0.1, -0.05) is 37.2 Å². The third-order valence-electron chi connectivity index (χ3n) is 4.90. The minimum atomic E-state index is -4.43. The van der Waals surface area contributed by atoms with Crippen molar-refractivity contribution >= 4 is 28.0 Å². The summed E-state index contributed by atoms with van der Waals surface area (Å²) in [5.41, 5.74) is 8.07. The predicted octanol–water partition coefficient (Wildman–Crippen LogP) is 6.46. The highest BCUT2D eigenvalue weighted by molar-refractivity contribution is 7.15. The molecule has 4 aromatic rings. The second-order valence-electron chi connectivity index (χ2n) is 7.41. The highest BCUT2D eigenvalue weighted by Crippen LogP contribution is 2.40. The summed E-state index contributed by atoms with van der Waals surface area (Å²) in [6, 6.07) is 11.0. The van der Waals surface area contributed by atoms with Crippen LogP contribution in [-0.4, -0.2) is 10.1 Å². The van der Waals surface area contributed by atoms with Gasteiger partial charge in [0, 0.05) is 27.6 Å². The third kappa shape index (κ3) is 3.92. The lowest BCUT2D eigenvalue weighted by molar-refractivity contribution is -0.137. The first-order valence-electron chi connectivity index (χ1n) is 9.54. The predicted molar refractivity (Wildman–Crippen MR) is 112 cm³/mol. The molecule has 2 aromatic heterocycles. The van der Waals surface area contributed by atoms with Gasteiger partial charge in [0.25, 0.3) is 0 Å². The molecule has 0 aliphatic rings. The molecule has 4 rings (SSSR count). The number of rotatable bonds is 5. The molecule has 30 heavy (non-hydrogen) atoms. The van der Waals surface area contributed by atoms with Gasteiger partial charge in [-0.25, -0.2) is 4.98 Å². The van der Waals surface area contributed by atoms with Crippen molar-refractivity contribution in [3.8, 4) is 10.6 Å². The molecule has 2 heterocycles. The molecule has 156 valence electrons. The lowest BCUT2D eigenvalue weighted by Crippen LogP contribution is -2.06. The lowest BCUT2D eigenvalue weighted by atomic mass is 10.0. The molecule has 0 aliphatic carbocycles. The van der Waals surface area contributed by atoms with E-state index in [2.05, 4.69) is 10.1 Å². The van der Waals surface area contributed by atoms with E-state index in [-0.39, 0.29) is 11.5 Å². The Labute approximate surface area is 175 Å². The second kappa shape index (κ2) is 7.75. The maximum atomic E-state index is 13.5. The number of nitrogen functional groups attached to an aromatic ring is 1. The molecule has 8 heteroatoms. The number of anilines is 1. The monoisotopic (exact) mass is 431 g/mol. The Balaban J connectivity index is 1.67. The summed E-state index contributed by atoms with van der Waals surface area (Å²) in [6.07, 6.45) is -3.22. The second-order valence-corrected chi connectivity index (χ2v) is 8.49. The van der Waals surface area contributed by atoms with E-state index in [1.165, 1.54) is 23.5 Å². The molecule has 2 N–H and O–H groups in total. The van der Waals surface area contributed by atoms with Gasteiger partial charge < -0.3 is 10.3 Å². The highest BCUT2D eigenvalue weighted by Gasteiger charge is 2.34. The van der Waals surface area contributed by atoms with Gasteiger partial charge in [-0.2, -0.15) is 13.2 Å². The summed E-state index contributed by atoms with van der Waals surface area (Å²) in [6.45, 7) is 3.98. The molecule has 0 atom stereocenters. The van der Waals surface area contributed by atoms with Crippen LogP contribution < -0.4 is 5.73 Å². The average Bonchev–Trinajstić information content (AvgIpc) is 3.29. The van der Waals surface area contributed by atoms with Crippen LogP contribution >= 0.6 is 11.3 Å². The number of nitrogens with two attached hydrogens (primary N) is 1. The number of thiazole rings is 1. The third-order valence-corrected chi connectivity index (χ3v) is 6.06. The minimum absolute atomic E-state index is 0.0944. The summed E-state index contributed by atoms with van der Waals surface area (Å²) in [7, 11) is 0. The molecule has 0 unspecified atom stereocenters. The molecular weight excluding hydrogens is 411 g/mol. The first-order valence-corrected chi connectivity index (χ1v) is 10.4. The van der Waals surface area contributed by atoms with Crippen LogP contribution in [0.4, 0.5) is 18.9 Å². The molecule has 0 fully saturated rings. The number of aromatic nitrogens is 2. The van der Waals surface area contributed by atoms with Gasteiger partial charge >= 0.3 is 6.18 Å². The van der Waals surface area contributed by atoms with E-state index in [9.17, 15) is 13.2 Å². The molecule has 0 amide bonds. The van der Waals surface area contributed by atoms with Crippen molar-refractivity contribution in [2.45, 2.75) is 38.8 Å². The zero-order valence-electron chi connectivity index (χ0n) is 16.5. The van der Waals surface area contributed by atoms with E-state index in [1.807, 2.05) is 19.9 Å².